The van der Waals surface area contributed by atoms with E-state index < -0.39 is 5.66 Å². The van der Waals surface area contributed by atoms with E-state index >= 15 is 0 Å². The second-order valence-corrected chi connectivity index (χ2v) is 8.69. The number of rotatable bonds is 2. The highest BCUT2D eigenvalue weighted by molar-refractivity contribution is 6.30. The standard InChI is InChI=1S/C22H24ClN3O2/c23-17-7-5-16(6-8-17)13-26-11-9-21(10-12-26)14-22(15-28-21)24-19-4-2-1-3-18(19)20(27)25-22/h1-8,24H,9-15H2,(H,25,27)/t22-/m1/s1. The fraction of sp³-hybridized carbons (Fsp3) is 0.409. The third-order valence-corrected chi connectivity index (χ3v) is 6.49. The Kier molecular flexibility index (Phi) is 4.34. The molecule has 3 heterocycles. The van der Waals surface area contributed by atoms with Gasteiger partial charge in [-0.15, -0.1) is 0 Å². The summed E-state index contributed by atoms with van der Waals surface area (Å²) in [7, 11) is 0. The van der Waals surface area contributed by atoms with Crippen LogP contribution in [0.2, 0.25) is 5.02 Å². The number of para-hydroxylation sites is 1. The Morgan fingerprint density at radius 2 is 1.79 bits per heavy atom. The van der Waals surface area contributed by atoms with Crippen molar-refractivity contribution in [1.82, 2.24) is 10.2 Å². The molecule has 0 radical (unpaired) electrons. The predicted octanol–water partition coefficient (Wildman–Crippen LogP) is 3.65. The summed E-state index contributed by atoms with van der Waals surface area (Å²) in [4.78, 5) is 15.0. The van der Waals surface area contributed by atoms with Crippen LogP contribution in [-0.2, 0) is 11.3 Å². The maximum absolute atomic E-state index is 12.6. The number of amides is 1. The molecule has 2 fully saturated rings. The van der Waals surface area contributed by atoms with Gasteiger partial charge in [-0.1, -0.05) is 35.9 Å². The lowest BCUT2D eigenvalue weighted by molar-refractivity contribution is -0.0452. The van der Waals surface area contributed by atoms with Crippen molar-refractivity contribution in [3.8, 4) is 0 Å². The summed E-state index contributed by atoms with van der Waals surface area (Å²) in [5, 5.41) is 7.50. The Labute approximate surface area is 170 Å². The number of carbonyl (C=O) groups excluding carboxylic acids is 1. The molecule has 0 saturated carbocycles. The Hall–Kier alpha value is -2.08. The first-order valence-corrected chi connectivity index (χ1v) is 10.2. The zero-order chi connectivity index (χ0) is 19.2. The molecule has 0 aromatic heterocycles. The zero-order valence-corrected chi connectivity index (χ0v) is 16.5. The molecule has 0 bridgehead atoms. The van der Waals surface area contributed by atoms with Crippen LogP contribution in [0.4, 0.5) is 5.69 Å². The van der Waals surface area contributed by atoms with Crippen LogP contribution in [0, 0.1) is 0 Å². The smallest absolute Gasteiger partial charge is 0.255 e. The summed E-state index contributed by atoms with van der Waals surface area (Å²) >= 11 is 5.98. The van der Waals surface area contributed by atoms with Crippen molar-refractivity contribution in [3.05, 3.63) is 64.7 Å². The van der Waals surface area contributed by atoms with E-state index in [0.717, 1.165) is 49.6 Å². The van der Waals surface area contributed by atoms with Gasteiger partial charge >= 0.3 is 0 Å². The van der Waals surface area contributed by atoms with Crippen molar-refractivity contribution in [2.75, 3.05) is 25.0 Å². The molecule has 2 aromatic rings. The van der Waals surface area contributed by atoms with Gasteiger partial charge in [0.2, 0.25) is 0 Å². The van der Waals surface area contributed by atoms with Gasteiger partial charge in [0.15, 0.2) is 0 Å². The second-order valence-electron chi connectivity index (χ2n) is 8.26. The maximum atomic E-state index is 12.6. The van der Waals surface area contributed by atoms with Crippen LogP contribution in [0.15, 0.2) is 48.5 Å². The molecule has 146 valence electrons. The van der Waals surface area contributed by atoms with Gasteiger partial charge in [-0.05, 0) is 42.7 Å². The topological polar surface area (TPSA) is 53.6 Å². The van der Waals surface area contributed by atoms with E-state index in [2.05, 4.69) is 27.7 Å². The summed E-state index contributed by atoms with van der Waals surface area (Å²) in [6.07, 6.45) is 2.75. The lowest BCUT2D eigenvalue weighted by Crippen LogP contribution is -2.59. The Morgan fingerprint density at radius 3 is 2.57 bits per heavy atom. The number of likely N-dealkylation sites (tertiary alicyclic amines) is 1. The normalized spacial score (nSPS) is 26.1. The number of hydrogen-bond donors (Lipinski definition) is 2. The number of carbonyl (C=O) groups is 1. The number of ether oxygens (including phenoxy) is 1. The first-order valence-electron chi connectivity index (χ1n) is 9.85. The lowest BCUT2D eigenvalue weighted by Gasteiger charge is -2.41. The molecule has 3 aliphatic rings. The minimum Gasteiger partial charge on any atom is -0.370 e. The average Bonchev–Trinajstić information content (AvgIpc) is 3.03. The van der Waals surface area contributed by atoms with Crippen molar-refractivity contribution < 1.29 is 9.53 Å². The highest BCUT2D eigenvalue weighted by atomic mass is 35.5. The van der Waals surface area contributed by atoms with Crippen molar-refractivity contribution in [3.63, 3.8) is 0 Å². The van der Waals surface area contributed by atoms with E-state index in [4.69, 9.17) is 16.3 Å². The summed E-state index contributed by atoms with van der Waals surface area (Å²) in [5.74, 6) is -0.0184. The number of halogens is 1. The van der Waals surface area contributed by atoms with Gasteiger partial charge in [-0.3, -0.25) is 9.69 Å². The van der Waals surface area contributed by atoms with Gasteiger partial charge in [-0.2, -0.15) is 0 Å². The first-order chi connectivity index (χ1) is 13.5. The summed E-state index contributed by atoms with van der Waals surface area (Å²) in [6.45, 7) is 3.41. The average molecular weight is 398 g/mol. The van der Waals surface area contributed by atoms with Gasteiger partial charge in [0, 0.05) is 36.8 Å². The molecule has 5 rings (SSSR count). The summed E-state index contributed by atoms with van der Waals surface area (Å²) in [6, 6.07) is 15.7. The van der Waals surface area contributed by atoms with Crippen LogP contribution in [0.1, 0.15) is 35.2 Å². The fourth-order valence-electron chi connectivity index (χ4n) is 4.74. The summed E-state index contributed by atoms with van der Waals surface area (Å²) < 4.78 is 6.33. The van der Waals surface area contributed by atoms with E-state index in [1.807, 2.05) is 36.4 Å². The van der Waals surface area contributed by atoms with Gasteiger partial charge in [-0.25, -0.2) is 0 Å². The lowest BCUT2D eigenvalue weighted by atomic mass is 9.84. The molecule has 2 N–H and O–H groups in total. The molecular formula is C22H24ClN3O2. The number of nitrogens with one attached hydrogen (secondary N) is 2. The third-order valence-electron chi connectivity index (χ3n) is 6.23. The van der Waals surface area contributed by atoms with E-state index in [0.29, 0.717) is 12.2 Å². The van der Waals surface area contributed by atoms with E-state index in [-0.39, 0.29) is 11.5 Å². The van der Waals surface area contributed by atoms with Crippen molar-refractivity contribution in [2.24, 2.45) is 0 Å². The number of fused-ring (bicyclic) bond motifs is 1. The second kappa shape index (κ2) is 6.76. The zero-order valence-electron chi connectivity index (χ0n) is 15.7. The third kappa shape index (κ3) is 3.28. The van der Waals surface area contributed by atoms with E-state index in [9.17, 15) is 4.79 Å². The number of benzene rings is 2. The number of anilines is 1. The molecule has 5 nitrogen and oxygen atoms in total. The quantitative estimate of drug-likeness (QED) is 0.812. The van der Waals surface area contributed by atoms with Crippen LogP contribution >= 0.6 is 11.6 Å². The molecule has 1 amide bonds. The minimum atomic E-state index is -0.496. The number of piperidine rings is 1. The van der Waals surface area contributed by atoms with Gasteiger partial charge in [0.05, 0.1) is 17.8 Å². The molecule has 2 aromatic carbocycles. The monoisotopic (exact) mass is 397 g/mol. The highest BCUT2D eigenvalue weighted by Crippen LogP contribution is 2.43. The molecule has 2 spiro atoms. The molecular weight excluding hydrogens is 374 g/mol. The largest absolute Gasteiger partial charge is 0.370 e. The predicted molar refractivity (Wildman–Crippen MR) is 110 cm³/mol. The van der Waals surface area contributed by atoms with Crippen molar-refractivity contribution in [1.29, 1.82) is 0 Å². The van der Waals surface area contributed by atoms with Crippen molar-refractivity contribution >= 4 is 23.2 Å². The van der Waals surface area contributed by atoms with Crippen LogP contribution in [-0.4, -0.2) is 41.8 Å². The summed E-state index contributed by atoms with van der Waals surface area (Å²) in [5.41, 5.74) is 2.22. The number of nitrogens with zero attached hydrogens (tertiary/aromatic N) is 1. The first kappa shape index (κ1) is 18.0. The van der Waals surface area contributed by atoms with Gasteiger partial charge < -0.3 is 15.4 Å². The van der Waals surface area contributed by atoms with Crippen LogP contribution in [0.3, 0.4) is 0 Å². The SMILES string of the molecule is O=C1N[C@]2(COC3(CCN(Cc4ccc(Cl)cc4)CC3)C2)Nc2ccccc21. The van der Waals surface area contributed by atoms with E-state index in [1.165, 1.54) is 5.56 Å². The molecule has 3 aliphatic heterocycles. The van der Waals surface area contributed by atoms with Crippen molar-refractivity contribution in [2.45, 2.75) is 37.1 Å². The highest BCUT2D eigenvalue weighted by Gasteiger charge is 2.53. The Bertz CT molecular complexity index is 893. The fourth-order valence-corrected chi connectivity index (χ4v) is 4.87. The van der Waals surface area contributed by atoms with Crippen LogP contribution in [0.5, 0.6) is 0 Å². The maximum Gasteiger partial charge on any atom is 0.255 e. The van der Waals surface area contributed by atoms with Crippen LogP contribution < -0.4 is 10.6 Å². The Balaban J connectivity index is 1.24. The van der Waals surface area contributed by atoms with Crippen LogP contribution in [0.25, 0.3) is 0 Å². The molecule has 0 unspecified atom stereocenters. The minimum absolute atomic E-state index is 0.0184. The van der Waals surface area contributed by atoms with Gasteiger partial charge in [0.1, 0.15) is 5.66 Å². The molecule has 0 aliphatic carbocycles. The molecule has 1 atom stereocenters. The molecule has 2 saturated heterocycles. The van der Waals surface area contributed by atoms with Gasteiger partial charge in [0.25, 0.3) is 5.91 Å². The van der Waals surface area contributed by atoms with E-state index in [1.54, 1.807) is 0 Å². The molecule has 28 heavy (non-hydrogen) atoms. The number of hydrogen-bond acceptors (Lipinski definition) is 4. The molecule has 6 heteroatoms. The Morgan fingerprint density at radius 1 is 1.04 bits per heavy atom.